The van der Waals surface area contributed by atoms with E-state index in [4.69, 9.17) is 0 Å². The number of rotatable bonds is 4. The second kappa shape index (κ2) is 5.31. The smallest absolute Gasteiger partial charge is 0.293 e. The van der Waals surface area contributed by atoms with Crippen LogP contribution in [0.2, 0.25) is 0 Å². The summed E-state index contributed by atoms with van der Waals surface area (Å²) in [4.78, 5) is 18.6. The topological polar surface area (TPSA) is 61.9 Å². The zero-order chi connectivity index (χ0) is 13.2. The van der Waals surface area contributed by atoms with E-state index in [0.29, 0.717) is 11.7 Å². The lowest BCUT2D eigenvalue weighted by Gasteiger charge is -2.31. The normalized spacial score (nSPS) is 20.8. The Morgan fingerprint density at radius 3 is 2.68 bits per heavy atom. The molecule has 0 bridgehead atoms. The summed E-state index contributed by atoms with van der Waals surface area (Å²) < 4.78 is 0. The van der Waals surface area contributed by atoms with Gasteiger partial charge in [-0.3, -0.25) is 9.89 Å². The van der Waals surface area contributed by atoms with Gasteiger partial charge in [-0.15, -0.1) is 5.10 Å². The summed E-state index contributed by atoms with van der Waals surface area (Å²) in [5, 5.41) is 6.99. The molecule has 1 aromatic rings. The first-order valence-electron chi connectivity index (χ1n) is 7.49. The van der Waals surface area contributed by atoms with Crippen LogP contribution in [0.4, 0.5) is 0 Å². The van der Waals surface area contributed by atoms with Gasteiger partial charge in [0.2, 0.25) is 5.82 Å². The fraction of sp³-hybridized carbons (Fsp3) is 0.786. The number of carbonyl (C=O) groups is 1. The van der Waals surface area contributed by atoms with E-state index in [1.54, 1.807) is 0 Å². The van der Waals surface area contributed by atoms with Crippen LogP contribution in [0.3, 0.4) is 0 Å². The number of nitrogens with one attached hydrogen (secondary N) is 1. The summed E-state index contributed by atoms with van der Waals surface area (Å²) in [5.74, 6) is 2.56. The third kappa shape index (κ3) is 2.80. The Bertz CT molecular complexity index is 444. The molecule has 19 heavy (non-hydrogen) atoms. The molecule has 1 saturated carbocycles. The van der Waals surface area contributed by atoms with Crippen LogP contribution in [0.5, 0.6) is 0 Å². The average molecular weight is 262 g/mol. The van der Waals surface area contributed by atoms with Gasteiger partial charge in [-0.1, -0.05) is 19.8 Å². The van der Waals surface area contributed by atoms with Gasteiger partial charge in [0.05, 0.1) is 0 Å². The number of carbonyl (C=O) groups excluding carboxylic acids is 1. The molecule has 0 atom stereocenters. The summed E-state index contributed by atoms with van der Waals surface area (Å²) in [6.45, 7) is 3.94. The number of aromatic amines is 1. The van der Waals surface area contributed by atoms with E-state index in [1.165, 1.54) is 25.7 Å². The van der Waals surface area contributed by atoms with Crippen molar-refractivity contribution in [3.05, 3.63) is 11.6 Å². The Balaban J connectivity index is 1.57. The summed E-state index contributed by atoms with van der Waals surface area (Å²) >= 11 is 0. The van der Waals surface area contributed by atoms with Gasteiger partial charge in [-0.2, -0.15) is 0 Å². The largest absolute Gasteiger partial charge is 0.336 e. The van der Waals surface area contributed by atoms with Gasteiger partial charge < -0.3 is 4.90 Å². The van der Waals surface area contributed by atoms with E-state index in [2.05, 4.69) is 22.1 Å². The molecule has 5 heteroatoms. The molecule has 2 heterocycles. The maximum atomic E-state index is 12.3. The van der Waals surface area contributed by atoms with Gasteiger partial charge >= 0.3 is 0 Å². The number of nitrogens with zero attached hydrogens (tertiary/aromatic N) is 3. The standard InChI is InChI=1S/C14H22N4O/c1-2-3-10-6-8-18(9-7-10)14(19)13-15-12(16-17-13)11-4-5-11/h10-11H,2-9H2,1H3,(H,15,16,17). The molecule has 2 aliphatic rings. The van der Waals surface area contributed by atoms with Crippen molar-refractivity contribution in [3.8, 4) is 0 Å². The predicted molar refractivity (Wildman–Crippen MR) is 71.9 cm³/mol. The molecule has 0 unspecified atom stereocenters. The van der Waals surface area contributed by atoms with Crippen molar-refractivity contribution in [2.75, 3.05) is 13.1 Å². The second-order valence-electron chi connectivity index (χ2n) is 5.84. The van der Waals surface area contributed by atoms with Gasteiger partial charge in [0.25, 0.3) is 5.91 Å². The van der Waals surface area contributed by atoms with E-state index in [0.717, 1.165) is 37.7 Å². The van der Waals surface area contributed by atoms with Crippen LogP contribution in [0.15, 0.2) is 0 Å². The predicted octanol–water partition coefficient (Wildman–Crippen LogP) is 2.33. The maximum absolute atomic E-state index is 12.3. The molecule has 0 radical (unpaired) electrons. The fourth-order valence-electron chi connectivity index (χ4n) is 2.88. The first kappa shape index (κ1) is 12.6. The third-order valence-electron chi connectivity index (χ3n) is 4.26. The fourth-order valence-corrected chi connectivity index (χ4v) is 2.88. The lowest BCUT2D eigenvalue weighted by Crippen LogP contribution is -2.39. The lowest BCUT2D eigenvalue weighted by molar-refractivity contribution is 0.0674. The maximum Gasteiger partial charge on any atom is 0.293 e. The Labute approximate surface area is 113 Å². The molecular formula is C14H22N4O. The molecular weight excluding hydrogens is 240 g/mol. The van der Waals surface area contributed by atoms with E-state index in [-0.39, 0.29) is 5.91 Å². The molecule has 5 nitrogen and oxygen atoms in total. The SMILES string of the molecule is CCCC1CCN(C(=O)c2n[nH]c(C3CC3)n2)CC1. The monoisotopic (exact) mass is 262 g/mol. The number of H-pyrrole nitrogens is 1. The van der Waals surface area contributed by atoms with Gasteiger partial charge in [0.15, 0.2) is 0 Å². The van der Waals surface area contributed by atoms with Gasteiger partial charge in [-0.05, 0) is 31.6 Å². The Morgan fingerprint density at radius 2 is 2.05 bits per heavy atom. The van der Waals surface area contributed by atoms with Crippen molar-refractivity contribution in [1.82, 2.24) is 20.1 Å². The molecule has 1 amide bonds. The highest BCUT2D eigenvalue weighted by Gasteiger charge is 2.30. The van der Waals surface area contributed by atoms with Crippen LogP contribution in [-0.2, 0) is 0 Å². The van der Waals surface area contributed by atoms with Gasteiger partial charge in [0, 0.05) is 19.0 Å². The van der Waals surface area contributed by atoms with Crippen LogP contribution < -0.4 is 0 Å². The number of amides is 1. The number of likely N-dealkylation sites (tertiary alicyclic amines) is 1. The van der Waals surface area contributed by atoms with Crippen molar-refractivity contribution in [3.63, 3.8) is 0 Å². The van der Waals surface area contributed by atoms with E-state index in [9.17, 15) is 4.79 Å². The highest BCUT2D eigenvalue weighted by Crippen LogP contribution is 2.37. The molecule has 1 N–H and O–H groups in total. The zero-order valence-electron chi connectivity index (χ0n) is 11.6. The van der Waals surface area contributed by atoms with Crippen LogP contribution in [0.1, 0.15) is 67.8 Å². The third-order valence-corrected chi connectivity index (χ3v) is 4.26. The van der Waals surface area contributed by atoms with E-state index in [1.807, 2.05) is 4.90 Å². The number of hydrogen-bond acceptors (Lipinski definition) is 3. The second-order valence-corrected chi connectivity index (χ2v) is 5.84. The highest BCUT2D eigenvalue weighted by molar-refractivity contribution is 5.90. The van der Waals surface area contributed by atoms with Crippen molar-refractivity contribution in [2.45, 2.75) is 51.4 Å². The van der Waals surface area contributed by atoms with E-state index < -0.39 is 0 Å². The Morgan fingerprint density at radius 1 is 1.32 bits per heavy atom. The summed E-state index contributed by atoms with van der Waals surface area (Å²) in [7, 11) is 0. The van der Waals surface area contributed by atoms with Crippen molar-refractivity contribution in [1.29, 1.82) is 0 Å². The van der Waals surface area contributed by atoms with Crippen molar-refractivity contribution >= 4 is 5.91 Å². The molecule has 2 fully saturated rings. The van der Waals surface area contributed by atoms with Crippen LogP contribution in [-0.4, -0.2) is 39.1 Å². The minimum absolute atomic E-state index is 0.00176. The van der Waals surface area contributed by atoms with Gasteiger partial charge in [0.1, 0.15) is 5.82 Å². The van der Waals surface area contributed by atoms with Crippen molar-refractivity contribution in [2.24, 2.45) is 5.92 Å². The van der Waals surface area contributed by atoms with Crippen LogP contribution in [0, 0.1) is 5.92 Å². The van der Waals surface area contributed by atoms with Gasteiger partial charge in [-0.25, -0.2) is 4.98 Å². The minimum atomic E-state index is -0.00176. The molecule has 3 rings (SSSR count). The van der Waals surface area contributed by atoms with Crippen molar-refractivity contribution < 1.29 is 4.79 Å². The van der Waals surface area contributed by atoms with Crippen LogP contribution in [0.25, 0.3) is 0 Å². The van der Waals surface area contributed by atoms with Crippen LogP contribution >= 0.6 is 0 Å². The minimum Gasteiger partial charge on any atom is -0.336 e. The highest BCUT2D eigenvalue weighted by atomic mass is 16.2. The summed E-state index contributed by atoms with van der Waals surface area (Å²) in [6, 6.07) is 0. The molecule has 1 aliphatic heterocycles. The summed E-state index contributed by atoms with van der Waals surface area (Å²) in [5.41, 5.74) is 0. The number of aromatic nitrogens is 3. The lowest BCUT2D eigenvalue weighted by atomic mass is 9.92. The molecule has 1 aliphatic carbocycles. The summed E-state index contributed by atoms with van der Waals surface area (Å²) in [6.07, 6.45) is 7.12. The first-order valence-corrected chi connectivity index (χ1v) is 7.49. The zero-order valence-corrected chi connectivity index (χ0v) is 11.6. The number of hydrogen-bond donors (Lipinski definition) is 1. The molecule has 1 aromatic heterocycles. The quantitative estimate of drug-likeness (QED) is 0.906. The Hall–Kier alpha value is -1.39. The van der Waals surface area contributed by atoms with E-state index >= 15 is 0 Å². The molecule has 0 spiro atoms. The number of piperidine rings is 1. The molecule has 0 aromatic carbocycles. The average Bonchev–Trinajstić information content (AvgIpc) is 3.17. The first-order chi connectivity index (χ1) is 9.28. The molecule has 104 valence electrons. The molecule has 1 saturated heterocycles. The Kier molecular flexibility index (Phi) is 3.53.